The minimum absolute atomic E-state index is 0.0443. The van der Waals surface area contributed by atoms with Crippen molar-refractivity contribution >= 4 is 5.69 Å². The van der Waals surface area contributed by atoms with Crippen molar-refractivity contribution in [1.29, 1.82) is 5.26 Å². The SMILES string of the molecule is CCNCc1ccc([N+](=O)[O-])c(OCCCC#N)c1. The minimum Gasteiger partial charge on any atom is -0.487 e. The monoisotopic (exact) mass is 263 g/mol. The molecule has 0 aliphatic heterocycles. The molecule has 0 heterocycles. The van der Waals surface area contributed by atoms with E-state index in [9.17, 15) is 10.1 Å². The molecule has 1 aromatic carbocycles. The first-order valence-corrected chi connectivity index (χ1v) is 6.16. The van der Waals surface area contributed by atoms with E-state index in [1.54, 1.807) is 12.1 Å². The van der Waals surface area contributed by atoms with E-state index in [-0.39, 0.29) is 11.4 Å². The predicted octanol–water partition coefficient (Wildman–Crippen LogP) is 2.39. The average Bonchev–Trinajstić information content (AvgIpc) is 2.41. The number of nitrogens with one attached hydrogen (secondary N) is 1. The van der Waals surface area contributed by atoms with Gasteiger partial charge < -0.3 is 10.1 Å². The number of nitro benzene ring substituents is 1. The molecule has 0 atom stereocenters. The van der Waals surface area contributed by atoms with Gasteiger partial charge in [-0.1, -0.05) is 13.0 Å². The Balaban J connectivity index is 2.77. The van der Waals surface area contributed by atoms with Crippen LogP contribution in [0.2, 0.25) is 0 Å². The number of benzene rings is 1. The first-order chi connectivity index (χ1) is 9.19. The quantitative estimate of drug-likeness (QED) is 0.442. The van der Waals surface area contributed by atoms with Crippen molar-refractivity contribution in [2.24, 2.45) is 0 Å². The summed E-state index contributed by atoms with van der Waals surface area (Å²) in [7, 11) is 0. The van der Waals surface area contributed by atoms with Crippen LogP contribution in [0, 0.1) is 21.4 Å². The van der Waals surface area contributed by atoms with Crippen LogP contribution < -0.4 is 10.1 Å². The molecule has 0 spiro atoms. The molecule has 0 aromatic heterocycles. The summed E-state index contributed by atoms with van der Waals surface area (Å²) >= 11 is 0. The molecule has 0 amide bonds. The van der Waals surface area contributed by atoms with Gasteiger partial charge in [0.15, 0.2) is 5.75 Å². The molecular weight excluding hydrogens is 246 g/mol. The van der Waals surface area contributed by atoms with E-state index in [0.29, 0.717) is 26.0 Å². The molecule has 0 aliphatic carbocycles. The molecule has 102 valence electrons. The van der Waals surface area contributed by atoms with Crippen molar-refractivity contribution in [1.82, 2.24) is 5.32 Å². The molecule has 1 N–H and O–H groups in total. The number of rotatable bonds is 8. The van der Waals surface area contributed by atoms with Gasteiger partial charge in [-0.3, -0.25) is 10.1 Å². The van der Waals surface area contributed by atoms with Crippen molar-refractivity contribution < 1.29 is 9.66 Å². The summed E-state index contributed by atoms with van der Waals surface area (Å²) in [6, 6.07) is 6.84. The van der Waals surface area contributed by atoms with Gasteiger partial charge in [-0.05, 0) is 24.6 Å². The van der Waals surface area contributed by atoms with Gasteiger partial charge in [-0.2, -0.15) is 5.26 Å². The lowest BCUT2D eigenvalue weighted by Crippen LogP contribution is -2.12. The van der Waals surface area contributed by atoms with Crippen LogP contribution in [0.1, 0.15) is 25.3 Å². The molecular formula is C13H17N3O3. The van der Waals surface area contributed by atoms with Gasteiger partial charge >= 0.3 is 5.69 Å². The van der Waals surface area contributed by atoms with Gasteiger partial charge in [0.1, 0.15) is 0 Å². The summed E-state index contributed by atoms with van der Waals surface area (Å²) in [5, 5.41) is 22.5. The lowest BCUT2D eigenvalue weighted by atomic mass is 10.2. The predicted molar refractivity (Wildman–Crippen MR) is 70.8 cm³/mol. The van der Waals surface area contributed by atoms with Crippen LogP contribution in [0.3, 0.4) is 0 Å². The number of nitrogens with zero attached hydrogens (tertiary/aromatic N) is 2. The second-order valence-corrected chi connectivity index (χ2v) is 3.95. The van der Waals surface area contributed by atoms with E-state index in [0.717, 1.165) is 12.1 Å². The molecule has 0 unspecified atom stereocenters. The molecule has 0 fully saturated rings. The van der Waals surface area contributed by atoms with Gasteiger partial charge in [0, 0.05) is 19.0 Å². The highest BCUT2D eigenvalue weighted by Crippen LogP contribution is 2.28. The van der Waals surface area contributed by atoms with Crippen molar-refractivity contribution in [3.05, 3.63) is 33.9 Å². The van der Waals surface area contributed by atoms with Crippen molar-refractivity contribution in [2.45, 2.75) is 26.3 Å². The fourth-order valence-electron chi connectivity index (χ4n) is 1.54. The highest BCUT2D eigenvalue weighted by Gasteiger charge is 2.15. The number of ether oxygens (including phenoxy) is 1. The average molecular weight is 263 g/mol. The maximum Gasteiger partial charge on any atom is 0.310 e. The van der Waals surface area contributed by atoms with Crippen molar-refractivity contribution in [3.8, 4) is 11.8 Å². The van der Waals surface area contributed by atoms with Gasteiger partial charge in [-0.15, -0.1) is 0 Å². The van der Waals surface area contributed by atoms with Crippen LogP contribution >= 0.6 is 0 Å². The Hall–Kier alpha value is -2.13. The molecule has 6 heteroatoms. The van der Waals surface area contributed by atoms with Gasteiger partial charge in [0.25, 0.3) is 0 Å². The fraction of sp³-hybridized carbons (Fsp3) is 0.462. The second-order valence-electron chi connectivity index (χ2n) is 3.95. The topological polar surface area (TPSA) is 88.2 Å². The third kappa shape index (κ3) is 4.94. The highest BCUT2D eigenvalue weighted by molar-refractivity contribution is 5.48. The van der Waals surface area contributed by atoms with Crippen molar-refractivity contribution in [2.75, 3.05) is 13.2 Å². The largest absolute Gasteiger partial charge is 0.487 e. The smallest absolute Gasteiger partial charge is 0.310 e. The lowest BCUT2D eigenvalue weighted by molar-refractivity contribution is -0.385. The first-order valence-electron chi connectivity index (χ1n) is 6.16. The third-order valence-electron chi connectivity index (χ3n) is 2.49. The maximum absolute atomic E-state index is 10.9. The van der Waals surface area contributed by atoms with Crippen LogP contribution in [-0.2, 0) is 6.54 Å². The van der Waals surface area contributed by atoms with Crippen LogP contribution in [-0.4, -0.2) is 18.1 Å². The maximum atomic E-state index is 10.9. The van der Waals surface area contributed by atoms with Crippen molar-refractivity contribution in [3.63, 3.8) is 0 Å². The molecule has 1 rings (SSSR count). The zero-order chi connectivity index (χ0) is 14.1. The number of hydrogen-bond acceptors (Lipinski definition) is 5. The Labute approximate surface area is 112 Å². The zero-order valence-corrected chi connectivity index (χ0v) is 10.9. The molecule has 0 bridgehead atoms. The van der Waals surface area contributed by atoms with E-state index in [4.69, 9.17) is 10.00 Å². The highest BCUT2D eigenvalue weighted by atomic mass is 16.6. The standard InChI is InChI=1S/C13H17N3O3/c1-2-15-10-11-5-6-12(16(17)18)13(9-11)19-8-4-3-7-14/h5-6,9,15H,2-4,8,10H2,1H3. The molecule has 0 saturated carbocycles. The fourth-order valence-corrected chi connectivity index (χ4v) is 1.54. The third-order valence-corrected chi connectivity index (χ3v) is 2.49. The molecule has 19 heavy (non-hydrogen) atoms. The molecule has 1 aromatic rings. The lowest BCUT2D eigenvalue weighted by Gasteiger charge is -2.08. The first kappa shape index (κ1) is 14.9. The summed E-state index contributed by atoms with van der Waals surface area (Å²) in [6.07, 6.45) is 0.940. The number of nitriles is 1. The van der Waals surface area contributed by atoms with Crippen LogP contribution in [0.5, 0.6) is 5.75 Å². The van der Waals surface area contributed by atoms with Gasteiger partial charge in [0.2, 0.25) is 0 Å². The Kier molecular flexibility index (Phi) is 6.33. The summed E-state index contributed by atoms with van der Waals surface area (Å²) in [6.45, 7) is 3.77. The van der Waals surface area contributed by atoms with E-state index in [1.165, 1.54) is 6.07 Å². The zero-order valence-electron chi connectivity index (χ0n) is 10.9. The number of nitro groups is 1. The van der Waals surface area contributed by atoms with Gasteiger partial charge in [-0.25, -0.2) is 0 Å². The van der Waals surface area contributed by atoms with E-state index >= 15 is 0 Å². The molecule has 6 nitrogen and oxygen atoms in total. The summed E-state index contributed by atoms with van der Waals surface area (Å²) in [4.78, 5) is 10.4. The summed E-state index contributed by atoms with van der Waals surface area (Å²) in [5.74, 6) is 0.262. The summed E-state index contributed by atoms with van der Waals surface area (Å²) in [5.41, 5.74) is 0.889. The van der Waals surface area contributed by atoms with Crippen LogP contribution in [0.25, 0.3) is 0 Å². The minimum atomic E-state index is -0.462. The molecule has 0 radical (unpaired) electrons. The number of unbranched alkanes of at least 4 members (excludes halogenated alkanes) is 1. The Morgan fingerprint density at radius 2 is 2.32 bits per heavy atom. The Morgan fingerprint density at radius 1 is 1.53 bits per heavy atom. The molecule has 0 aliphatic rings. The second kappa shape index (κ2) is 8.06. The Morgan fingerprint density at radius 3 is 2.95 bits per heavy atom. The normalized spacial score (nSPS) is 9.89. The van der Waals surface area contributed by atoms with Gasteiger partial charge in [0.05, 0.1) is 17.6 Å². The van der Waals surface area contributed by atoms with E-state index in [2.05, 4.69) is 5.32 Å². The van der Waals surface area contributed by atoms with E-state index in [1.807, 2.05) is 13.0 Å². The van der Waals surface area contributed by atoms with Crippen LogP contribution in [0.15, 0.2) is 18.2 Å². The summed E-state index contributed by atoms with van der Waals surface area (Å²) < 4.78 is 5.40. The molecule has 0 saturated heterocycles. The van der Waals surface area contributed by atoms with Crippen LogP contribution in [0.4, 0.5) is 5.69 Å². The van der Waals surface area contributed by atoms with E-state index < -0.39 is 4.92 Å². The Bertz CT molecular complexity index is 469. The number of hydrogen-bond donors (Lipinski definition) is 1.